The first-order valence-corrected chi connectivity index (χ1v) is 15.1. The molecule has 2 atom stereocenters. The van der Waals surface area contributed by atoms with E-state index < -0.39 is 18.1 Å². The van der Waals surface area contributed by atoms with E-state index >= 15 is 0 Å². The van der Waals surface area contributed by atoms with Crippen LogP contribution in [-0.2, 0) is 9.53 Å². The molecule has 1 heterocycles. The number of ether oxygens (including phenoxy) is 1. The van der Waals surface area contributed by atoms with Gasteiger partial charge in [0.25, 0.3) is 5.91 Å². The zero-order chi connectivity index (χ0) is 30.5. The van der Waals surface area contributed by atoms with Gasteiger partial charge in [0, 0.05) is 48.6 Å². The maximum Gasteiger partial charge on any atom is 0.262 e. The molecule has 0 aliphatic heterocycles. The third kappa shape index (κ3) is 8.54. The summed E-state index contributed by atoms with van der Waals surface area (Å²) in [7, 11) is 1.47. The predicted octanol–water partition coefficient (Wildman–Crippen LogP) is 7.30. The molecule has 3 rings (SSSR count). The average Bonchev–Trinajstić information content (AvgIpc) is 3.51. The first kappa shape index (κ1) is 32.6. The van der Waals surface area contributed by atoms with Crippen molar-refractivity contribution in [2.24, 2.45) is 10.4 Å². The Morgan fingerprint density at radius 3 is 2.43 bits per heavy atom. The molecule has 0 radical (unpaired) electrons. The molecule has 0 aliphatic carbocycles. The molecule has 0 saturated heterocycles. The van der Waals surface area contributed by atoms with E-state index in [1.165, 1.54) is 29.5 Å². The van der Waals surface area contributed by atoms with Crippen LogP contribution in [0.3, 0.4) is 0 Å². The van der Waals surface area contributed by atoms with E-state index in [0.29, 0.717) is 5.57 Å². The largest absolute Gasteiger partial charge is 0.380 e. The molecule has 222 valence electrons. The Morgan fingerprint density at radius 1 is 1.07 bits per heavy atom. The van der Waals surface area contributed by atoms with Crippen molar-refractivity contribution in [1.29, 1.82) is 5.26 Å². The van der Waals surface area contributed by atoms with Gasteiger partial charge in [-0.3, -0.25) is 4.79 Å². The Bertz CT molecular complexity index is 1440. The van der Waals surface area contributed by atoms with Gasteiger partial charge in [-0.15, -0.1) is 11.3 Å². The number of fused-ring (bicyclic) bond motifs is 1. The standard InChI is InChI=1S/C32H39N5O4S/c1-5-15-37(16-6-2)27-10-9-23-17-25(8-7-24(23)18-27)31-12-11-30(42-31)22(3)29(20-33)32(38)34-21-28(41-4)19-26(36-40)13-14-35-39/h7-12,17-18,26,28H,5-6,13-16,19,21H2,1-4H3,(H,34,38)/b29-22+. The highest BCUT2D eigenvalue weighted by atomic mass is 32.1. The lowest BCUT2D eigenvalue weighted by molar-refractivity contribution is -0.117. The number of allylic oxidation sites excluding steroid dienone is 1. The molecular weight excluding hydrogens is 550 g/mol. The summed E-state index contributed by atoms with van der Waals surface area (Å²) in [5.41, 5.74) is 2.92. The van der Waals surface area contributed by atoms with E-state index in [-0.39, 0.29) is 31.5 Å². The van der Waals surface area contributed by atoms with Gasteiger partial charge in [-0.1, -0.05) is 42.4 Å². The van der Waals surface area contributed by atoms with E-state index in [9.17, 15) is 19.9 Å². The number of benzene rings is 2. The number of rotatable bonds is 17. The SMILES string of the molecule is CCCN(CCC)c1ccc2cc(-c3ccc(/C(C)=C(\C#N)C(=O)NCC(CC(CCN=O)N=O)OC)s3)ccc2c1. The molecule has 0 bridgehead atoms. The van der Waals surface area contributed by atoms with E-state index in [4.69, 9.17) is 4.74 Å². The lowest BCUT2D eigenvalue weighted by atomic mass is 10.0. The number of carbonyl (C=O) groups excluding carboxylic acids is 1. The van der Waals surface area contributed by atoms with Crippen LogP contribution >= 0.6 is 11.3 Å². The van der Waals surface area contributed by atoms with Crippen LogP contribution in [0.25, 0.3) is 26.8 Å². The van der Waals surface area contributed by atoms with Crippen LogP contribution < -0.4 is 10.2 Å². The number of anilines is 1. The fraction of sp³-hybridized carbons (Fsp3) is 0.438. The average molecular weight is 590 g/mol. The topological polar surface area (TPSA) is 124 Å². The summed E-state index contributed by atoms with van der Waals surface area (Å²) in [6, 6.07) is 18.4. The highest BCUT2D eigenvalue weighted by Crippen LogP contribution is 2.35. The number of amides is 1. The van der Waals surface area contributed by atoms with Gasteiger partial charge in [-0.2, -0.15) is 15.1 Å². The summed E-state index contributed by atoms with van der Waals surface area (Å²) in [4.78, 5) is 38.7. The van der Waals surface area contributed by atoms with Gasteiger partial charge >= 0.3 is 0 Å². The van der Waals surface area contributed by atoms with Crippen molar-refractivity contribution in [3.8, 4) is 16.5 Å². The van der Waals surface area contributed by atoms with Gasteiger partial charge < -0.3 is 15.0 Å². The third-order valence-corrected chi connectivity index (χ3v) is 8.47. The van der Waals surface area contributed by atoms with Crippen LogP contribution in [0.1, 0.15) is 51.3 Å². The molecule has 0 saturated carbocycles. The third-order valence-electron chi connectivity index (χ3n) is 7.21. The van der Waals surface area contributed by atoms with Crippen LogP contribution in [0.15, 0.2) is 64.5 Å². The molecule has 2 aromatic carbocycles. The van der Waals surface area contributed by atoms with E-state index in [0.717, 1.165) is 46.6 Å². The second kappa shape index (κ2) is 16.5. The van der Waals surface area contributed by atoms with E-state index in [2.05, 4.69) is 70.8 Å². The lowest BCUT2D eigenvalue weighted by Crippen LogP contribution is -2.35. The first-order valence-electron chi connectivity index (χ1n) is 14.3. The van der Waals surface area contributed by atoms with Crippen LogP contribution in [0.2, 0.25) is 0 Å². The van der Waals surface area contributed by atoms with Crippen molar-refractivity contribution in [3.05, 3.63) is 68.8 Å². The summed E-state index contributed by atoms with van der Waals surface area (Å²) in [5.74, 6) is -0.515. The molecule has 1 aromatic heterocycles. The van der Waals surface area contributed by atoms with Crippen LogP contribution in [0.4, 0.5) is 5.69 Å². The van der Waals surface area contributed by atoms with Crippen molar-refractivity contribution < 1.29 is 9.53 Å². The molecule has 0 fully saturated rings. The van der Waals surface area contributed by atoms with Gasteiger partial charge in [-0.05, 0) is 78.4 Å². The van der Waals surface area contributed by atoms with Crippen molar-refractivity contribution in [2.45, 2.75) is 58.6 Å². The zero-order valence-corrected chi connectivity index (χ0v) is 25.6. The number of hydrogen-bond donors (Lipinski definition) is 1. The molecule has 0 spiro atoms. The number of nitrogens with one attached hydrogen (secondary N) is 1. The highest BCUT2D eigenvalue weighted by molar-refractivity contribution is 7.16. The molecule has 1 N–H and O–H groups in total. The number of thiophene rings is 1. The number of nitriles is 1. The van der Waals surface area contributed by atoms with Gasteiger partial charge in [0.1, 0.15) is 11.6 Å². The van der Waals surface area contributed by atoms with Gasteiger partial charge in [0.15, 0.2) is 0 Å². The monoisotopic (exact) mass is 589 g/mol. The minimum absolute atomic E-state index is 0.0144. The molecule has 9 nitrogen and oxygen atoms in total. The Balaban J connectivity index is 1.75. The van der Waals surface area contributed by atoms with E-state index in [1.807, 2.05) is 18.2 Å². The van der Waals surface area contributed by atoms with Gasteiger partial charge in [0.05, 0.1) is 18.7 Å². The van der Waals surface area contributed by atoms with Crippen molar-refractivity contribution in [1.82, 2.24) is 5.32 Å². The van der Waals surface area contributed by atoms with Crippen LogP contribution in [0, 0.1) is 21.1 Å². The summed E-state index contributed by atoms with van der Waals surface area (Å²) < 4.78 is 5.37. The number of methoxy groups -OCH3 is 1. The summed E-state index contributed by atoms with van der Waals surface area (Å²) in [6.07, 6.45) is 2.17. The summed E-state index contributed by atoms with van der Waals surface area (Å²) >= 11 is 1.53. The minimum Gasteiger partial charge on any atom is -0.380 e. The first-order chi connectivity index (χ1) is 20.4. The molecule has 10 heteroatoms. The normalized spacial score (nSPS) is 13.1. The quantitative estimate of drug-likeness (QED) is 0.100. The number of hydrogen-bond acceptors (Lipinski definition) is 9. The number of carbonyl (C=O) groups is 1. The Hall–Kier alpha value is -3.94. The Labute approximate surface area is 251 Å². The minimum atomic E-state index is -0.643. The summed E-state index contributed by atoms with van der Waals surface area (Å²) in [5, 5.41) is 20.7. The Morgan fingerprint density at radius 2 is 1.79 bits per heavy atom. The number of nitroso groups, excluding NO2 is 2. The molecule has 2 unspecified atom stereocenters. The molecule has 0 aliphatic rings. The van der Waals surface area contributed by atoms with Crippen LogP contribution in [0.5, 0.6) is 0 Å². The van der Waals surface area contributed by atoms with Crippen molar-refractivity contribution in [2.75, 3.05) is 38.2 Å². The number of nitrogens with zero attached hydrogens (tertiary/aromatic N) is 4. The molecular formula is C32H39N5O4S. The smallest absolute Gasteiger partial charge is 0.262 e. The second-order valence-electron chi connectivity index (χ2n) is 10.2. The maximum atomic E-state index is 12.9. The molecule has 42 heavy (non-hydrogen) atoms. The van der Waals surface area contributed by atoms with Crippen LogP contribution in [-0.4, -0.2) is 51.3 Å². The second-order valence-corrected chi connectivity index (χ2v) is 11.3. The van der Waals surface area contributed by atoms with Gasteiger partial charge in [0.2, 0.25) is 0 Å². The fourth-order valence-corrected chi connectivity index (χ4v) is 5.90. The predicted molar refractivity (Wildman–Crippen MR) is 172 cm³/mol. The Kier molecular flexibility index (Phi) is 12.8. The van der Waals surface area contributed by atoms with E-state index in [1.54, 1.807) is 6.92 Å². The highest BCUT2D eigenvalue weighted by Gasteiger charge is 2.20. The van der Waals surface area contributed by atoms with Crippen molar-refractivity contribution >= 4 is 39.3 Å². The molecule has 1 amide bonds. The zero-order valence-electron chi connectivity index (χ0n) is 24.8. The van der Waals surface area contributed by atoms with Gasteiger partial charge in [-0.25, -0.2) is 0 Å². The van der Waals surface area contributed by atoms with Crippen molar-refractivity contribution in [3.63, 3.8) is 0 Å². The lowest BCUT2D eigenvalue weighted by Gasteiger charge is -2.24. The summed E-state index contributed by atoms with van der Waals surface area (Å²) in [6.45, 7) is 8.32. The fourth-order valence-electron chi connectivity index (χ4n) is 4.89. The maximum absolute atomic E-state index is 12.9. The molecule has 3 aromatic rings.